The summed E-state index contributed by atoms with van der Waals surface area (Å²) in [4.78, 5) is 16.2. The Morgan fingerprint density at radius 1 is 1.48 bits per heavy atom. The van der Waals surface area contributed by atoms with Gasteiger partial charge in [-0.25, -0.2) is 0 Å². The van der Waals surface area contributed by atoms with E-state index < -0.39 is 0 Å². The van der Waals surface area contributed by atoms with Gasteiger partial charge in [-0.05, 0) is 24.1 Å². The number of carbonyl (C=O) groups is 1. The van der Waals surface area contributed by atoms with Crippen molar-refractivity contribution in [1.29, 1.82) is 0 Å². The van der Waals surface area contributed by atoms with E-state index >= 15 is 0 Å². The van der Waals surface area contributed by atoms with Crippen LogP contribution in [-0.2, 0) is 14.9 Å². The third kappa shape index (κ3) is 4.66. The van der Waals surface area contributed by atoms with Gasteiger partial charge < -0.3 is 15.4 Å². The van der Waals surface area contributed by atoms with Crippen LogP contribution in [0.3, 0.4) is 0 Å². The molecule has 6 heteroatoms. The first-order valence-corrected chi connectivity index (χ1v) is 6.97. The summed E-state index contributed by atoms with van der Waals surface area (Å²) >= 11 is 0. The van der Waals surface area contributed by atoms with Gasteiger partial charge in [0.05, 0.1) is 12.1 Å². The highest BCUT2D eigenvalue weighted by molar-refractivity contribution is 5.85. The lowest BCUT2D eigenvalue weighted by Gasteiger charge is -2.26. The van der Waals surface area contributed by atoms with Crippen molar-refractivity contribution in [2.75, 3.05) is 20.2 Å². The van der Waals surface area contributed by atoms with Gasteiger partial charge in [0, 0.05) is 38.0 Å². The van der Waals surface area contributed by atoms with Gasteiger partial charge in [-0.2, -0.15) is 0 Å². The molecule has 0 aromatic carbocycles. The van der Waals surface area contributed by atoms with Crippen LogP contribution < -0.4 is 10.6 Å². The molecule has 1 aromatic heterocycles. The number of carbonyl (C=O) groups excluding carboxylic acids is 1. The average Bonchev–Trinajstić information content (AvgIpc) is 2.95. The number of ether oxygens (including phenoxy) is 1. The SMILES string of the molecule is CO[C@@H]1CN[C@@H](C(=O)NCC(C)(C)c2ccncc2)C1.Cl. The molecular weight excluding hydrogens is 290 g/mol. The first kappa shape index (κ1) is 17.9. The smallest absolute Gasteiger partial charge is 0.237 e. The molecular formula is C15H24ClN3O2. The number of aromatic nitrogens is 1. The zero-order chi connectivity index (χ0) is 14.6. The number of pyridine rings is 1. The minimum atomic E-state index is -0.145. The molecule has 0 saturated carbocycles. The Kier molecular flexibility index (Phi) is 6.58. The highest BCUT2D eigenvalue weighted by Gasteiger charge is 2.30. The van der Waals surface area contributed by atoms with Crippen molar-refractivity contribution in [2.24, 2.45) is 0 Å². The Morgan fingerprint density at radius 2 is 2.14 bits per heavy atom. The van der Waals surface area contributed by atoms with Crippen LogP contribution >= 0.6 is 12.4 Å². The van der Waals surface area contributed by atoms with Crippen LogP contribution in [0, 0.1) is 0 Å². The van der Waals surface area contributed by atoms with E-state index in [0.717, 1.165) is 13.0 Å². The number of hydrogen-bond donors (Lipinski definition) is 2. The normalized spacial score (nSPS) is 21.7. The molecule has 2 N–H and O–H groups in total. The Labute approximate surface area is 132 Å². The molecule has 0 radical (unpaired) electrons. The molecule has 0 spiro atoms. The first-order chi connectivity index (χ1) is 9.53. The van der Waals surface area contributed by atoms with Gasteiger partial charge in [0.25, 0.3) is 0 Å². The van der Waals surface area contributed by atoms with Gasteiger partial charge >= 0.3 is 0 Å². The summed E-state index contributed by atoms with van der Waals surface area (Å²) in [5, 5.41) is 6.22. The molecule has 118 valence electrons. The summed E-state index contributed by atoms with van der Waals surface area (Å²) < 4.78 is 5.26. The van der Waals surface area contributed by atoms with E-state index in [0.29, 0.717) is 6.54 Å². The Balaban J connectivity index is 0.00000220. The lowest BCUT2D eigenvalue weighted by Crippen LogP contribution is -2.45. The molecule has 1 saturated heterocycles. The van der Waals surface area contributed by atoms with Gasteiger partial charge in [-0.15, -0.1) is 12.4 Å². The van der Waals surface area contributed by atoms with Gasteiger partial charge in [0.2, 0.25) is 5.91 Å². The predicted octanol–water partition coefficient (Wildman–Crippen LogP) is 1.27. The maximum Gasteiger partial charge on any atom is 0.237 e. The number of halogens is 1. The molecule has 2 atom stereocenters. The van der Waals surface area contributed by atoms with Crippen LogP contribution in [0.4, 0.5) is 0 Å². The fraction of sp³-hybridized carbons (Fsp3) is 0.600. The molecule has 2 rings (SSSR count). The summed E-state index contributed by atoms with van der Waals surface area (Å²) in [5.41, 5.74) is 1.06. The molecule has 0 bridgehead atoms. The van der Waals surface area contributed by atoms with Gasteiger partial charge in [0.1, 0.15) is 0 Å². The predicted molar refractivity (Wildman–Crippen MR) is 84.7 cm³/mol. The number of nitrogens with zero attached hydrogens (tertiary/aromatic N) is 1. The second-order valence-electron chi connectivity index (χ2n) is 5.89. The van der Waals surface area contributed by atoms with Gasteiger partial charge in [0.15, 0.2) is 0 Å². The molecule has 1 aromatic rings. The number of methoxy groups -OCH3 is 1. The van der Waals surface area contributed by atoms with Crippen molar-refractivity contribution in [3.8, 4) is 0 Å². The standard InChI is InChI=1S/C15H23N3O2.ClH/c1-15(2,11-4-6-16-7-5-11)10-18-14(19)13-8-12(20-3)9-17-13;/h4-7,12-13,17H,8-10H2,1-3H3,(H,18,19);1H/t12-,13+;/m0./s1. The van der Waals surface area contributed by atoms with E-state index in [1.165, 1.54) is 5.56 Å². The summed E-state index contributed by atoms with van der Waals surface area (Å²) in [6.07, 6.45) is 4.43. The van der Waals surface area contributed by atoms with E-state index in [1.807, 2.05) is 12.1 Å². The molecule has 0 unspecified atom stereocenters. The third-order valence-electron chi connectivity index (χ3n) is 3.91. The van der Waals surface area contributed by atoms with Crippen LogP contribution in [0.15, 0.2) is 24.5 Å². The lowest BCUT2D eigenvalue weighted by molar-refractivity contribution is -0.123. The zero-order valence-corrected chi connectivity index (χ0v) is 13.6. The topological polar surface area (TPSA) is 63.2 Å². The van der Waals surface area contributed by atoms with Crippen molar-refractivity contribution >= 4 is 18.3 Å². The maximum absolute atomic E-state index is 12.1. The third-order valence-corrected chi connectivity index (χ3v) is 3.91. The van der Waals surface area contributed by atoms with Crippen LogP contribution in [0.25, 0.3) is 0 Å². The number of nitrogens with one attached hydrogen (secondary N) is 2. The zero-order valence-electron chi connectivity index (χ0n) is 12.8. The molecule has 1 amide bonds. The number of rotatable bonds is 5. The highest BCUT2D eigenvalue weighted by Crippen LogP contribution is 2.21. The van der Waals surface area contributed by atoms with Crippen molar-refractivity contribution in [2.45, 2.75) is 37.8 Å². The fourth-order valence-corrected chi connectivity index (χ4v) is 2.42. The minimum Gasteiger partial charge on any atom is -0.380 e. The van der Waals surface area contributed by atoms with Crippen molar-refractivity contribution in [1.82, 2.24) is 15.6 Å². The Morgan fingerprint density at radius 3 is 2.71 bits per heavy atom. The molecule has 1 fully saturated rings. The van der Waals surface area contributed by atoms with Crippen LogP contribution in [0.2, 0.25) is 0 Å². The fourth-order valence-electron chi connectivity index (χ4n) is 2.42. The van der Waals surface area contributed by atoms with E-state index in [1.54, 1.807) is 19.5 Å². The summed E-state index contributed by atoms with van der Waals surface area (Å²) in [7, 11) is 1.68. The molecule has 21 heavy (non-hydrogen) atoms. The van der Waals surface area contributed by atoms with Crippen molar-refractivity contribution in [3.05, 3.63) is 30.1 Å². The van der Waals surface area contributed by atoms with Gasteiger partial charge in [-0.3, -0.25) is 9.78 Å². The first-order valence-electron chi connectivity index (χ1n) is 6.97. The molecule has 1 aliphatic rings. The van der Waals surface area contributed by atoms with Crippen LogP contribution in [0.1, 0.15) is 25.8 Å². The lowest BCUT2D eigenvalue weighted by atomic mass is 9.85. The monoisotopic (exact) mass is 313 g/mol. The van der Waals surface area contributed by atoms with Crippen LogP contribution in [0.5, 0.6) is 0 Å². The maximum atomic E-state index is 12.1. The minimum absolute atomic E-state index is 0. The Hall–Kier alpha value is -1.17. The largest absolute Gasteiger partial charge is 0.380 e. The molecule has 5 nitrogen and oxygen atoms in total. The van der Waals surface area contributed by atoms with Crippen molar-refractivity contribution < 1.29 is 9.53 Å². The molecule has 0 aliphatic carbocycles. The summed E-state index contributed by atoms with van der Waals surface area (Å²) in [5.74, 6) is 0.0479. The average molecular weight is 314 g/mol. The summed E-state index contributed by atoms with van der Waals surface area (Å²) in [6, 6.07) is 3.83. The summed E-state index contributed by atoms with van der Waals surface area (Å²) in [6.45, 7) is 5.57. The second kappa shape index (κ2) is 7.73. The second-order valence-corrected chi connectivity index (χ2v) is 5.89. The van der Waals surface area contributed by atoms with Crippen molar-refractivity contribution in [3.63, 3.8) is 0 Å². The van der Waals surface area contributed by atoms with Crippen LogP contribution in [-0.4, -0.2) is 43.2 Å². The highest BCUT2D eigenvalue weighted by atomic mass is 35.5. The van der Waals surface area contributed by atoms with E-state index in [2.05, 4.69) is 29.5 Å². The van der Waals surface area contributed by atoms with E-state index in [9.17, 15) is 4.79 Å². The molecule has 2 heterocycles. The number of amides is 1. The quantitative estimate of drug-likeness (QED) is 0.859. The Bertz CT molecular complexity index is 453. The molecule has 1 aliphatic heterocycles. The van der Waals surface area contributed by atoms with E-state index in [-0.39, 0.29) is 35.9 Å². The van der Waals surface area contributed by atoms with E-state index in [4.69, 9.17) is 4.74 Å². The number of hydrogen-bond acceptors (Lipinski definition) is 4. The van der Waals surface area contributed by atoms with Gasteiger partial charge in [-0.1, -0.05) is 13.8 Å².